The van der Waals surface area contributed by atoms with Crippen LogP contribution in [-0.2, 0) is 8.85 Å². The highest BCUT2D eigenvalue weighted by atomic mass is 28.4. The smallest absolute Gasteiger partial charge is 0.334 e. The maximum absolute atomic E-state index is 12.2. The fourth-order valence-electron chi connectivity index (χ4n) is 1.28. The molecule has 1 aromatic carbocycles. The van der Waals surface area contributed by atoms with Crippen LogP contribution in [0.5, 0.6) is 0 Å². The molecule has 1 atom stereocenters. The van der Waals surface area contributed by atoms with Gasteiger partial charge in [-0.25, -0.2) is 0 Å². The monoisotopic (exact) mass is 272 g/mol. The van der Waals surface area contributed by atoms with E-state index in [1.54, 1.807) is 6.07 Å². The first-order valence-electron chi connectivity index (χ1n) is 4.51. The van der Waals surface area contributed by atoms with Gasteiger partial charge in [-0.05, 0) is 11.7 Å². The summed E-state index contributed by atoms with van der Waals surface area (Å²) in [5, 5.41) is -0.0161. The molecular formula is C9H9F5O2Si. The lowest BCUT2D eigenvalue weighted by Crippen LogP contribution is -2.54. The van der Waals surface area contributed by atoms with Crippen LogP contribution in [-0.4, -0.2) is 21.5 Å². The average Bonchev–Trinajstić information content (AvgIpc) is 2.14. The first-order valence-corrected chi connectivity index (χ1v) is 6.83. The quantitative estimate of drug-likeness (QED) is 0.620. The molecule has 0 spiro atoms. The molecule has 0 amide bonds. The van der Waals surface area contributed by atoms with E-state index in [9.17, 15) is 22.0 Å². The molecule has 17 heavy (non-hydrogen) atoms. The van der Waals surface area contributed by atoms with Gasteiger partial charge in [-0.1, -0.05) is 30.3 Å². The van der Waals surface area contributed by atoms with Gasteiger partial charge in [0.2, 0.25) is 0 Å². The van der Waals surface area contributed by atoms with E-state index in [1.807, 2.05) is 0 Å². The van der Waals surface area contributed by atoms with Gasteiger partial charge in [0.1, 0.15) is 0 Å². The van der Waals surface area contributed by atoms with Crippen molar-refractivity contribution in [3.05, 3.63) is 30.3 Å². The molecule has 0 bridgehead atoms. The molecule has 0 aliphatic heterocycles. The van der Waals surface area contributed by atoms with Crippen LogP contribution in [0.25, 0.3) is 0 Å². The summed E-state index contributed by atoms with van der Waals surface area (Å²) in [6.07, 6.45) is -5.02. The number of hydrogen-bond acceptors (Lipinski definition) is 2. The highest BCUT2D eigenvalue weighted by Crippen LogP contribution is 2.24. The van der Waals surface area contributed by atoms with Crippen molar-refractivity contribution >= 4 is 13.7 Å². The van der Waals surface area contributed by atoms with Gasteiger partial charge in [-0.15, -0.1) is 13.2 Å². The minimum absolute atomic E-state index is 0.0161. The van der Waals surface area contributed by atoms with Crippen LogP contribution in [0, 0.1) is 0 Å². The van der Waals surface area contributed by atoms with Crippen LogP contribution in [0.4, 0.5) is 22.0 Å². The molecule has 0 aromatic heterocycles. The van der Waals surface area contributed by atoms with Gasteiger partial charge in [0.05, 0.1) is 0 Å². The zero-order valence-electron chi connectivity index (χ0n) is 8.67. The molecule has 8 heteroatoms. The van der Waals surface area contributed by atoms with Crippen molar-refractivity contribution in [2.75, 3.05) is 0 Å². The Morgan fingerprint density at radius 1 is 1.12 bits per heavy atom. The summed E-state index contributed by atoms with van der Waals surface area (Å²) in [4.78, 5) is 0. The Bertz CT molecular complexity index is 356. The molecule has 0 saturated heterocycles. The fourth-order valence-corrected chi connectivity index (χ4v) is 3.16. The molecule has 0 heterocycles. The minimum atomic E-state index is -5.02. The van der Waals surface area contributed by atoms with Gasteiger partial charge in [0.25, 0.3) is 0 Å². The second-order valence-corrected chi connectivity index (χ2v) is 6.15. The van der Waals surface area contributed by atoms with Crippen LogP contribution < -0.4 is 5.19 Å². The number of rotatable bonds is 4. The van der Waals surface area contributed by atoms with E-state index in [0.717, 1.165) is 6.55 Å². The van der Waals surface area contributed by atoms with Crippen LogP contribution >= 0.6 is 0 Å². The Morgan fingerprint density at radius 2 is 1.65 bits per heavy atom. The van der Waals surface area contributed by atoms with E-state index in [4.69, 9.17) is 0 Å². The Morgan fingerprint density at radius 3 is 2.06 bits per heavy atom. The molecule has 0 radical (unpaired) electrons. The van der Waals surface area contributed by atoms with E-state index in [2.05, 4.69) is 8.85 Å². The molecular weight excluding hydrogens is 263 g/mol. The summed E-state index contributed by atoms with van der Waals surface area (Å²) in [7, 11) is -4.20. The summed E-state index contributed by atoms with van der Waals surface area (Å²) in [6, 6.07) is 6.93. The third kappa shape index (κ3) is 4.41. The lowest BCUT2D eigenvalue weighted by Gasteiger charge is -2.27. The molecule has 0 fully saturated rings. The Hall–Kier alpha value is -0.993. The summed E-state index contributed by atoms with van der Waals surface area (Å²) in [5.74, 6) is 0. The summed E-state index contributed by atoms with van der Waals surface area (Å²) >= 11 is 0. The molecule has 2 nitrogen and oxygen atoms in total. The van der Waals surface area contributed by atoms with E-state index in [-0.39, 0.29) is 5.19 Å². The maximum Gasteiger partial charge on any atom is 0.514 e. The Kier molecular flexibility index (Phi) is 4.23. The first-order chi connectivity index (χ1) is 7.73. The van der Waals surface area contributed by atoms with E-state index in [1.165, 1.54) is 24.3 Å². The highest BCUT2D eigenvalue weighted by molar-refractivity contribution is 6.80. The zero-order valence-corrected chi connectivity index (χ0v) is 9.67. The van der Waals surface area contributed by atoms with Crippen LogP contribution in [0.2, 0.25) is 6.55 Å². The number of halogens is 5. The lowest BCUT2D eigenvalue weighted by molar-refractivity contribution is -0.290. The predicted octanol–water partition coefficient (Wildman–Crippen LogP) is 2.74. The van der Waals surface area contributed by atoms with E-state index >= 15 is 0 Å². The molecule has 0 saturated carbocycles. The SMILES string of the molecule is C[Si](OC(F)F)(OC(F)(F)F)c1ccccc1. The molecule has 0 N–H and O–H groups in total. The topological polar surface area (TPSA) is 18.5 Å². The number of alkyl halides is 5. The third-order valence-electron chi connectivity index (χ3n) is 1.92. The van der Waals surface area contributed by atoms with Crippen molar-refractivity contribution in [1.82, 2.24) is 0 Å². The van der Waals surface area contributed by atoms with E-state index < -0.39 is 21.5 Å². The average molecular weight is 272 g/mol. The second-order valence-electron chi connectivity index (χ2n) is 3.24. The van der Waals surface area contributed by atoms with Gasteiger partial charge in [0.15, 0.2) is 0 Å². The van der Waals surface area contributed by atoms with Crippen molar-refractivity contribution in [3.8, 4) is 0 Å². The summed E-state index contributed by atoms with van der Waals surface area (Å²) < 4.78 is 68.7. The van der Waals surface area contributed by atoms with Gasteiger partial charge in [-0.2, -0.15) is 8.78 Å². The number of benzene rings is 1. The molecule has 0 aliphatic rings. The van der Waals surface area contributed by atoms with Crippen molar-refractivity contribution in [2.45, 2.75) is 19.5 Å². The van der Waals surface area contributed by atoms with Gasteiger partial charge >= 0.3 is 21.5 Å². The lowest BCUT2D eigenvalue weighted by atomic mass is 10.4. The largest absolute Gasteiger partial charge is 0.514 e. The van der Waals surface area contributed by atoms with Gasteiger partial charge < -0.3 is 8.85 Å². The standard InChI is InChI=1S/C9H9F5O2Si/c1-17(15-8(10)11,16-9(12,13)14)7-5-3-2-4-6-7/h2-6,8H,1H3. The molecule has 1 unspecified atom stereocenters. The Labute approximate surface area is 95.2 Å². The first kappa shape index (κ1) is 14.1. The summed E-state index contributed by atoms with van der Waals surface area (Å²) in [6.45, 7) is -2.41. The maximum atomic E-state index is 12.2. The van der Waals surface area contributed by atoms with Gasteiger partial charge in [-0.3, -0.25) is 0 Å². The normalized spacial score (nSPS) is 15.9. The third-order valence-corrected chi connectivity index (χ3v) is 4.55. The predicted molar refractivity (Wildman–Crippen MR) is 51.9 cm³/mol. The highest BCUT2D eigenvalue weighted by Gasteiger charge is 2.47. The second kappa shape index (κ2) is 5.11. The van der Waals surface area contributed by atoms with Crippen molar-refractivity contribution in [1.29, 1.82) is 0 Å². The van der Waals surface area contributed by atoms with Crippen LogP contribution in [0.1, 0.15) is 0 Å². The van der Waals surface area contributed by atoms with Crippen molar-refractivity contribution < 1.29 is 30.8 Å². The molecule has 1 rings (SSSR count). The molecule has 0 aliphatic carbocycles. The zero-order chi connectivity index (χ0) is 13.1. The summed E-state index contributed by atoms with van der Waals surface area (Å²) in [5.41, 5.74) is 0. The minimum Gasteiger partial charge on any atom is -0.334 e. The molecule has 96 valence electrons. The van der Waals surface area contributed by atoms with Crippen LogP contribution in [0.15, 0.2) is 30.3 Å². The Balaban J connectivity index is 3.02. The van der Waals surface area contributed by atoms with Gasteiger partial charge in [0, 0.05) is 0 Å². The fraction of sp³-hybridized carbons (Fsp3) is 0.333. The van der Waals surface area contributed by atoms with E-state index in [0.29, 0.717) is 0 Å². The number of hydrogen-bond donors (Lipinski definition) is 0. The molecule has 1 aromatic rings. The van der Waals surface area contributed by atoms with Crippen LogP contribution in [0.3, 0.4) is 0 Å². The van der Waals surface area contributed by atoms with Crippen molar-refractivity contribution in [2.24, 2.45) is 0 Å². The van der Waals surface area contributed by atoms with Crippen molar-refractivity contribution in [3.63, 3.8) is 0 Å².